The zero-order valence-corrected chi connectivity index (χ0v) is 12.8. The summed E-state index contributed by atoms with van der Waals surface area (Å²) in [6.45, 7) is 2.00. The van der Waals surface area contributed by atoms with Gasteiger partial charge in [-0.25, -0.2) is 9.78 Å². The van der Waals surface area contributed by atoms with E-state index < -0.39 is 5.97 Å². The van der Waals surface area contributed by atoms with Crippen molar-refractivity contribution in [1.29, 1.82) is 0 Å². The molecule has 0 aromatic carbocycles. The van der Waals surface area contributed by atoms with E-state index in [1.807, 2.05) is 0 Å². The van der Waals surface area contributed by atoms with Crippen LogP contribution in [0.1, 0.15) is 10.4 Å². The van der Waals surface area contributed by atoms with Crippen LogP contribution in [0.15, 0.2) is 0 Å². The van der Waals surface area contributed by atoms with E-state index in [0.29, 0.717) is 11.8 Å². The van der Waals surface area contributed by atoms with Gasteiger partial charge in [0, 0.05) is 19.1 Å². The number of anilines is 1. The molecule has 2 heterocycles. The van der Waals surface area contributed by atoms with Gasteiger partial charge < -0.3 is 15.3 Å². The topological polar surface area (TPSA) is 65.5 Å². The van der Waals surface area contributed by atoms with E-state index >= 15 is 0 Å². The van der Waals surface area contributed by atoms with Gasteiger partial charge in [0.2, 0.25) is 0 Å². The number of hydrogen-bond donors (Lipinski definition) is 2. The molecule has 3 rings (SSSR count). The van der Waals surface area contributed by atoms with Crippen molar-refractivity contribution in [1.82, 2.24) is 9.88 Å². The third-order valence-electron chi connectivity index (χ3n) is 3.93. The first-order valence-corrected chi connectivity index (χ1v) is 7.26. The molecule has 0 amide bonds. The first-order valence-electron chi connectivity index (χ1n) is 6.13. The van der Waals surface area contributed by atoms with E-state index in [1.165, 1.54) is 0 Å². The Kier molecular flexibility index (Phi) is 3.49. The number of pyridine rings is 1. The molecule has 2 aliphatic rings. The number of piperidine rings is 1. The van der Waals surface area contributed by atoms with Crippen molar-refractivity contribution in [3.05, 3.63) is 20.8 Å². The van der Waals surface area contributed by atoms with Crippen LogP contribution in [-0.2, 0) is 0 Å². The highest BCUT2D eigenvalue weighted by atomic mass is 35.5. The van der Waals surface area contributed by atoms with E-state index in [4.69, 9.17) is 34.8 Å². The molecule has 8 heteroatoms. The van der Waals surface area contributed by atoms with E-state index in [9.17, 15) is 9.90 Å². The number of nitrogens with one attached hydrogen (secondary N) is 1. The van der Waals surface area contributed by atoms with Crippen molar-refractivity contribution >= 4 is 46.6 Å². The zero-order valence-electron chi connectivity index (χ0n) is 10.5. The fraction of sp³-hybridized carbons (Fsp3) is 0.500. The number of carboxylic acid groups (broad SMARTS) is 1. The van der Waals surface area contributed by atoms with Crippen LogP contribution in [0.25, 0.3) is 0 Å². The molecule has 5 nitrogen and oxygen atoms in total. The molecule has 0 spiro atoms. The number of rotatable bonds is 3. The van der Waals surface area contributed by atoms with Crippen molar-refractivity contribution in [2.45, 2.75) is 6.04 Å². The standard InChI is InChI=1S/C12H12Cl3N3O2/c1-18-2-4-5(3-18)9(4)16-11-6(12(19)20)7(13)8(14)10(15)17-11/h4-5,9H,2-3H2,1H3,(H,16,17)(H,19,20)/t4-,5+,9+. The van der Waals surface area contributed by atoms with Gasteiger partial charge in [-0.1, -0.05) is 34.8 Å². The Morgan fingerprint density at radius 2 is 1.90 bits per heavy atom. The van der Waals surface area contributed by atoms with E-state index in [-0.39, 0.29) is 32.6 Å². The maximum Gasteiger partial charge on any atom is 0.341 e. The van der Waals surface area contributed by atoms with Crippen LogP contribution in [0.3, 0.4) is 0 Å². The molecule has 0 unspecified atom stereocenters. The maximum absolute atomic E-state index is 11.3. The predicted molar refractivity (Wildman–Crippen MR) is 78.1 cm³/mol. The molecular formula is C12H12Cl3N3O2. The zero-order chi connectivity index (χ0) is 14.6. The average Bonchev–Trinajstić information content (AvgIpc) is 2.82. The third-order valence-corrected chi connectivity index (χ3v) is 5.15. The van der Waals surface area contributed by atoms with Crippen LogP contribution in [-0.4, -0.2) is 47.1 Å². The largest absolute Gasteiger partial charge is 0.478 e. The number of fused-ring (bicyclic) bond motifs is 1. The van der Waals surface area contributed by atoms with Crippen LogP contribution < -0.4 is 5.32 Å². The Labute approximate surface area is 130 Å². The summed E-state index contributed by atoms with van der Waals surface area (Å²) in [5.74, 6) is 0.0683. The minimum atomic E-state index is -1.17. The Morgan fingerprint density at radius 1 is 1.30 bits per heavy atom. The second-order valence-corrected chi connectivity index (χ2v) is 6.39. The first-order chi connectivity index (χ1) is 9.40. The lowest BCUT2D eigenvalue weighted by Crippen LogP contribution is -2.25. The maximum atomic E-state index is 11.3. The quantitative estimate of drug-likeness (QED) is 0.831. The van der Waals surface area contributed by atoms with Gasteiger partial charge in [0.15, 0.2) is 5.15 Å². The minimum absolute atomic E-state index is 0.00657. The van der Waals surface area contributed by atoms with Gasteiger partial charge in [-0.2, -0.15) is 0 Å². The van der Waals surface area contributed by atoms with Crippen LogP contribution in [0.2, 0.25) is 15.2 Å². The summed E-state index contributed by atoms with van der Waals surface area (Å²) < 4.78 is 0. The monoisotopic (exact) mass is 335 g/mol. The number of likely N-dealkylation sites (tertiary alicyclic amines) is 1. The van der Waals surface area contributed by atoms with Crippen molar-refractivity contribution in [2.75, 3.05) is 25.5 Å². The van der Waals surface area contributed by atoms with Crippen molar-refractivity contribution in [2.24, 2.45) is 11.8 Å². The smallest absolute Gasteiger partial charge is 0.341 e. The highest BCUT2D eigenvalue weighted by Gasteiger charge is 2.55. The van der Waals surface area contributed by atoms with E-state index in [0.717, 1.165) is 13.1 Å². The lowest BCUT2D eigenvalue weighted by Gasteiger charge is -2.16. The summed E-state index contributed by atoms with van der Waals surface area (Å²) >= 11 is 17.7. The highest BCUT2D eigenvalue weighted by Crippen LogP contribution is 2.47. The molecule has 1 aliphatic heterocycles. The summed E-state index contributed by atoms with van der Waals surface area (Å²) in [7, 11) is 2.07. The van der Waals surface area contributed by atoms with Gasteiger partial charge >= 0.3 is 5.97 Å². The fourth-order valence-corrected chi connectivity index (χ4v) is 3.54. The normalized spacial score (nSPS) is 28.3. The molecule has 1 aliphatic carbocycles. The molecule has 1 saturated carbocycles. The molecule has 0 bridgehead atoms. The number of aromatic nitrogens is 1. The SMILES string of the molecule is CN1C[C@@H]2[C@H](C1)[C@H]2Nc1nc(Cl)c(Cl)c(Cl)c1C(=O)O. The average molecular weight is 337 g/mol. The van der Waals surface area contributed by atoms with E-state index in [1.54, 1.807) is 0 Å². The Morgan fingerprint density at radius 3 is 2.45 bits per heavy atom. The van der Waals surface area contributed by atoms with Crippen molar-refractivity contribution in [3.63, 3.8) is 0 Å². The van der Waals surface area contributed by atoms with Gasteiger partial charge in [-0.3, -0.25) is 0 Å². The number of nitrogens with zero attached hydrogens (tertiary/aromatic N) is 2. The number of carboxylic acids is 1. The molecule has 2 fully saturated rings. The second kappa shape index (κ2) is 4.91. The Hall–Kier alpha value is -0.750. The number of hydrogen-bond acceptors (Lipinski definition) is 4. The van der Waals surface area contributed by atoms with Crippen molar-refractivity contribution in [3.8, 4) is 0 Å². The van der Waals surface area contributed by atoms with E-state index in [2.05, 4.69) is 22.2 Å². The van der Waals surface area contributed by atoms with Gasteiger partial charge in [-0.15, -0.1) is 0 Å². The summed E-state index contributed by atoms with van der Waals surface area (Å²) in [6, 6.07) is 0.227. The minimum Gasteiger partial charge on any atom is -0.478 e. The first kappa shape index (κ1) is 14.2. The number of aromatic carboxylic acids is 1. The summed E-state index contributed by atoms with van der Waals surface area (Å²) in [5, 5.41) is 12.3. The highest BCUT2D eigenvalue weighted by molar-refractivity contribution is 6.49. The number of carbonyl (C=O) groups is 1. The molecule has 1 aromatic heterocycles. The molecule has 20 heavy (non-hydrogen) atoms. The third kappa shape index (κ3) is 2.22. The molecule has 108 valence electrons. The van der Waals surface area contributed by atoms with Crippen LogP contribution >= 0.6 is 34.8 Å². The molecule has 3 atom stereocenters. The molecule has 1 aromatic rings. The second-order valence-electron chi connectivity index (χ2n) is 5.28. The lowest BCUT2D eigenvalue weighted by atomic mass is 10.2. The van der Waals surface area contributed by atoms with Crippen LogP contribution in [0, 0.1) is 11.8 Å². The predicted octanol–water partition coefficient (Wildman–Crippen LogP) is 2.71. The molecule has 1 saturated heterocycles. The molecule has 0 radical (unpaired) electrons. The Bertz CT molecular complexity index is 584. The summed E-state index contributed by atoms with van der Waals surface area (Å²) in [6.07, 6.45) is 0. The van der Waals surface area contributed by atoms with Crippen molar-refractivity contribution < 1.29 is 9.90 Å². The van der Waals surface area contributed by atoms with Gasteiger partial charge in [-0.05, 0) is 18.9 Å². The van der Waals surface area contributed by atoms with Crippen LogP contribution in [0.4, 0.5) is 5.82 Å². The molecular weight excluding hydrogens is 325 g/mol. The molecule has 2 N–H and O–H groups in total. The van der Waals surface area contributed by atoms with Gasteiger partial charge in [0.05, 0.1) is 10.0 Å². The summed E-state index contributed by atoms with van der Waals surface area (Å²) in [4.78, 5) is 17.6. The van der Waals surface area contributed by atoms with Gasteiger partial charge in [0.25, 0.3) is 0 Å². The fourth-order valence-electron chi connectivity index (χ4n) is 2.92. The lowest BCUT2D eigenvalue weighted by molar-refractivity contribution is 0.0697. The van der Waals surface area contributed by atoms with Crippen LogP contribution in [0.5, 0.6) is 0 Å². The Balaban J connectivity index is 1.88. The van der Waals surface area contributed by atoms with Gasteiger partial charge in [0.1, 0.15) is 11.4 Å². The number of halogens is 3. The summed E-state index contributed by atoms with van der Waals surface area (Å²) in [5.41, 5.74) is -0.126.